The van der Waals surface area contributed by atoms with Crippen LogP contribution in [0.4, 0.5) is 0 Å². The number of halogens is 1. The number of carbonyl (C=O) groups excluding carboxylic acids is 1. The van der Waals surface area contributed by atoms with Crippen LogP contribution in [0.3, 0.4) is 0 Å². The Kier molecular flexibility index (Phi) is 4.76. The molecule has 4 heteroatoms. The first-order valence-electron chi connectivity index (χ1n) is 7.41. The molecule has 2 aromatic carbocycles. The monoisotopic (exact) mass is 315 g/mol. The quantitative estimate of drug-likeness (QED) is 0.864. The van der Waals surface area contributed by atoms with Gasteiger partial charge in [0, 0.05) is 11.6 Å². The summed E-state index contributed by atoms with van der Waals surface area (Å²) in [7, 11) is 0. The Labute approximate surface area is 135 Å². The van der Waals surface area contributed by atoms with Crippen LogP contribution in [0.2, 0.25) is 5.02 Å². The molecule has 0 spiro atoms. The summed E-state index contributed by atoms with van der Waals surface area (Å²) in [4.78, 5) is 13.9. The topological polar surface area (TPSA) is 29.5 Å². The molecule has 3 nitrogen and oxygen atoms in total. The van der Waals surface area contributed by atoms with Crippen molar-refractivity contribution in [2.75, 3.05) is 19.7 Å². The molecule has 2 aromatic rings. The summed E-state index contributed by atoms with van der Waals surface area (Å²) in [5.41, 5.74) is 2.30. The summed E-state index contributed by atoms with van der Waals surface area (Å²) in [5, 5.41) is 0.705. The van der Waals surface area contributed by atoms with Crippen LogP contribution >= 0.6 is 11.6 Å². The molecular weight excluding hydrogens is 298 g/mol. The molecule has 114 valence electrons. The van der Waals surface area contributed by atoms with Gasteiger partial charge in [0.2, 0.25) is 5.91 Å². The zero-order valence-electron chi connectivity index (χ0n) is 12.2. The van der Waals surface area contributed by atoms with Crippen LogP contribution in [-0.2, 0) is 16.0 Å². The predicted molar refractivity (Wildman–Crippen MR) is 86.9 cm³/mol. The number of carbonyl (C=O) groups is 1. The summed E-state index contributed by atoms with van der Waals surface area (Å²) in [6, 6.07) is 17.8. The van der Waals surface area contributed by atoms with Crippen molar-refractivity contribution in [3.8, 4) is 0 Å². The lowest BCUT2D eigenvalue weighted by atomic mass is 10.1. The van der Waals surface area contributed by atoms with Crippen LogP contribution in [-0.4, -0.2) is 30.5 Å². The van der Waals surface area contributed by atoms with Gasteiger partial charge in [0.15, 0.2) is 0 Å². The van der Waals surface area contributed by atoms with E-state index in [2.05, 4.69) is 12.1 Å². The lowest BCUT2D eigenvalue weighted by Crippen LogP contribution is -2.44. The third kappa shape index (κ3) is 3.67. The number of nitrogens with zero attached hydrogens (tertiary/aromatic N) is 1. The van der Waals surface area contributed by atoms with Crippen molar-refractivity contribution in [3.63, 3.8) is 0 Å². The first-order chi connectivity index (χ1) is 10.7. The van der Waals surface area contributed by atoms with E-state index < -0.39 is 0 Å². The van der Waals surface area contributed by atoms with Gasteiger partial charge in [0.25, 0.3) is 0 Å². The van der Waals surface area contributed by atoms with Crippen molar-refractivity contribution in [2.45, 2.75) is 12.5 Å². The third-order valence-corrected chi connectivity index (χ3v) is 4.15. The molecular formula is C18H18ClNO2. The van der Waals surface area contributed by atoms with Gasteiger partial charge >= 0.3 is 0 Å². The lowest BCUT2D eigenvalue weighted by Gasteiger charge is -2.33. The Morgan fingerprint density at radius 2 is 1.82 bits per heavy atom. The van der Waals surface area contributed by atoms with Crippen LogP contribution in [0.5, 0.6) is 0 Å². The van der Waals surface area contributed by atoms with Gasteiger partial charge in [0.05, 0.1) is 6.54 Å². The van der Waals surface area contributed by atoms with Crippen molar-refractivity contribution in [1.82, 2.24) is 4.90 Å². The van der Waals surface area contributed by atoms with Crippen LogP contribution in [0.25, 0.3) is 0 Å². The van der Waals surface area contributed by atoms with E-state index in [0.717, 1.165) is 18.5 Å². The standard InChI is InChI=1S/C18H18ClNO2/c19-16-8-6-15(7-9-16)17-12-20(18(21)13-22-17)11-10-14-4-2-1-3-5-14/h1-9,17H,10-13H2/t17-/m0/s1. The minimum atomic E-state index is -0.0780. The van der Waals surface area contributed by atoms with Gasteiger partial charge in [-0.05, 0) is 29.7 Å². The molecule has 1 atom stereocenters. The molecule has 0 bridgehead atoms. The largest absolute Gasteiger partial charge is 0.362 e. The number of hydrogen-bond donors (Lipinski definition) is 0. The SMILES string of the molecule is O=C1CO[C@H](c2ccc(Cl)cc2)CN1CCc1ccccc1. The van der Waals surface area contributed by atoms with Crippen molar-refractivity contribution < 1.29 is 9.53 Å². The fourth-order valence-electron chi connectivity index (χ4n) is 2.62. The van der Waals surface area contributed by atoms with Crippen LogP contribution < -0.4 is 0 Å². The average Bonchev–Trinajstić information content (AvgIpc) is 2.56. The molecule has 0 N–H and O–H groups in total. The molecule has 1 aliphatic rings. The molecule has 3 rings (SSSR count). The minimum absolute atomic E-state index is 0.0566. The van der Waals surface area contributed by atoms with E-state index in [4.69, 9.17) is 16.3 Å². The fourth-order valence-corrected chi connectivity index (χ4v) is 2.75. The van der Waals surface area contributed by atoms with Crippen LogP contribution in [0.1, 0.15) is 17.2 Å². The molecule has 1 aliphatic heterocycles. The minimum Gasteiger partial charge on any atom is -0.362 e. The van der Waals surface area contributed by atoms with E-state index in [0.29, 0.717) is 11.6 Å². The summed E-state index contributed by atoms with van der Waals surface area (Å²) in [6.45, 7) is 1.45. The molecule has 1 heterocycles. The maximum Gasteiger partial charge on any atom is 0.248 e. The maximum atomic E-state index is 12.0. The van der Waals surface area contributed by atoms with Gasteiger partial charge in [-0.3, -0.25) is 4.79 Å². The molecule has 1 fully saturated rings. The highest BCUT2D eigenvalue weighted by molar-refractivity contribution is 6.30. The van der Waals surface area contributed by atoms with Crippen molar-refractivity contribution >= 4 is 17.5 Å². The smallest absolute Gasteiger partial charge is 0.248 e. The molecule has 1 saturated heterocycles. The Balaban J connectivity index is 1.63. The molecule has 0 unspecified atom stereocenters. The molecule has 1 amide bonds. The Hall–Kier alpha value is -1.84. The van der Waals surface area contributed by atoms with Gasteiger partial charge in [-0.15, -0.1) is 0 Å². The van der Waals surface area contributed by atoms with E-state index in [1.54, 1.807) is 0 Å². The summed E-state index contributed by atoms with van der Waals surface area (Å²) in [5.74, 6) is 0.0566. The highest BCUT2D eigenvalue weighted by atomic mass is 35.5. The number of amides is 1. The highest BCUT2D eigenvalue weighted by Crippen LogP contribution is 2.24. The maximum absolute atomic E-state index is 12.0. The Bertz CT molecular complexity index is 627. The van der Waals surface area contributed by atoms with Crippen LogP contribution in [0.15, 0.2) is 54.6 Å². The van der Waals surface area contributed by atoms with E-state index in [9.17, 15) is 4.79 Å². The van der Waals surface area contributed by atoms with Gasteiger partial charge < -0.3 is 9.64 Å². The highest BCUT2D eigenvalue weighted by Gasteiger charge is 2.26. The van der Waals surface area contributed by atoms with E-state index in [-0.39, 0.29) is 18.6 Å². The molecule has 0 aliphatic carbocycles. The van der Waals surface area contributed by atoms with Crippen molar-refractivity contribution in [2.24, 2.45) is 0 Å². The summed E-state index contributed by atoms with van der Waals surface area (Å²) >= 11 is 5.91. The number of hydrogen-bond acceptors (Lipinski definition) is 2. The second-order valence-electron chi connectivity index (χ2n) is 5.43. The van der Waals surface area contributed by atoms with Gasteiger partial charge in [-0.25, -0.2) is 0 Å². The average molecular weight is 316 g/mol. The van der Waals surface area contributed by atoms with Crippen molar-refractivity contribution in [1.29, 1.82) is 0 Å². The molecule has 0 saturated carbocycles. The van der Waals surface area contributed by atoms with Crippen molar-refractivity contribution in [3.05, 3.63) is 70.7 Å². The third-order valence-electron chi connectivity index (χ3n) is 3.90. The predicted octanol–water partition coefficient (Wildman–Crippen LogP) is 3.48. The zero-order chi connectivity index (χ0) is 15.4. The van der Waals surface area contributed by atoms with Gasteiger partial charge in [0.1, 0.15) is 12.7 Å². The van der Waals surface area contributed by atoms with Crippen LogP contribution in [0, 0.1) is 0 Å². The molecule has 0 aromatic heterocycles. The first kappa shape index (κ1) is 15.1. The van der Waals surface area contributed by atoms with E-state index >= 15 is 0 Å². The summed E-state index contributed by atoms with van der Waals surface area (Å²) < 4.78 is 5.66. The Morgan fingerprint density at radius 1 is 1.09 bits per heavy atom. The number of morpholine rings is 1. The Morgan fingerprint density at radius 3 is 2.55 bits per heavy atom. The van der Waals surface area contributed by atoms with Gasteiger partial charge in [-0.2, -0.15) is 0 Å². The molecule has 22 heavy (non-hydrogen) atoms. The van der Waals surface area contributed by atoms with Gasteiger partial charge in [-0.1, -0.05) is 54.1 Å². The van der Waals surface area contributed by atoms with E-state index in [1.807, 2.05) is 47.4 Å². The second kappa shape index (κ2) is 6.95. The fraction of sp³-hybridized carbons (Fsp3) is 0.278. The first-order valence-corrected chi connectivity index (χ1v) is 7.79. The lowest BCUT2D eigenvalue weighted by molar-refractivity contribution is -0.149. The van der Waals surface area contributed by atoms with E-state index in [1.165, 1.54) is 5.56 Å². The summed E-state index contributed by atoms with van der Waals surface area (Å²) in [6.07, 6.45) is 0.783. The normalized spacial score (nSPS) is 18.5. The second-order valence-corrected chi connectivity index (χ2v) is 5.86. The number of ether oxygens (including phenoxy) is 1. The number of rotatable bonds is 4. The zero-order valence-corrected chi connectivity index (χ0v) is 13.0. The molecule has 0 radical (unpaired) electrons. The number of benzene rings is 2.